The first-order valence-corrected chi connectivity index (χ1v) is 10.2. The fourth-order valence-electron chi connectivity index (χ4n) is 2.98. The summed E-state index contributed by atoms with van der Waals surface area (Å²) < 4.78 is 1.00. The van der Waals surface area contributed by atoms with Gasteiger partial charge < -0.3 is 15.5 Å². The van der Waals surface area contributed by atoms with Crippen molar-refractivity contribution >= 4 is 44.3 Å². The van der Waals surface area contributed by atoms with Gasteiger partial charge in [0.05, 0.1) is 12.0 Å². The zero-order chi connectivity index (χ0) is 18.5. The van der Waals surface area contributed by atoms with Crippen LogP contribution in [0, 0.1) is 5.92 Å². The van der Waals surface area contributed by atoms with Gasteiger partial charge in [0.15, 0.2) is 5.13 Å². The number of hydrogen-bond donors (Lipinski definition) is 2. The van der Waals surface area contributed by atoms with Crippen LogP contribution in [0.15, 0.2) is 40.3 Å². The molecule has 1 aromatic carbocycles. The molecule has 2 heterocycles. The number of nitrogens with zero attached hydrogens (tertiary/aromatic N) is 2. The molecule has 2 aromatic rings. The lowest BCUT2D eigenvalue weighted by atomic mass is 9.97. The lowest BCUT2D eigenvalue weighted by Crippen LogP contribution is -2.48. The van der Waals surface area contributed by atoms with E-state index in [2.05, 4.69) is 31.5 Å². The number of amides is 3. The minimum atomic E-state index is -0.207. The van der Waals surface area contributed by atoms with E-state index >= 15 is 0 Å². The SMILES string of the molecule is CC(NC(=O)N1CCCC(C(=O)Nc2nccs2)C1)c1ccc(Br)cc1. The van der Waals surface area contributed by atoms with Crippen LogP contribution in [0.5, 0.6) is 0 Å². The molecule has 1 aliphatic rings. The van der Waals surface area contributed by atoms with Crippen LogP contribution in [0.2, 0.25) is 0 Å². The van der Waals surface area contributed by atoms with Crippen molar-refractivity contribution in [1.82, 2.24) is 15.2 Å². The van der Waals surface area contributed by atoms with Crippen molar-refractivity contribution in [3.05, 3.63) is 45.9 Å². The normalized spacial score (nSPS) is 18.2. The van der Waals surface area contributed by atoms with E-state index in [1.54, 1.807) is 11.1 Å². The Labute approximate surface area is 165 Å². The third-order valence-electron chi connectivity index (χ3n) is 4.45. The van der Waals surface area contributed by atoms with Gasteiger partial charge in [-0.05, 0) is 37.5 Å². The average molecular weight is 437 g/mol. The Morgan fingerprint density at radius 3 is 2.81 bits per heavy atom. The highest BCUT2D eigenvalue weighted by Gasteiger charge is 2.29. The molecule has 3 rings (SSSR count). The fraction of sp³-hybridized carbons (Fsp3) is 0.389. The van der Waals surface area contributed by atoms with Gasteiger partial charge in [-0.1, -0.05) is 28.1 Å². The summed E-state index contributed by atoms with van der Waals surface area (Å²) >= 11 is 4.80. The quantitative estimate of drug-likeness (QED) is 0.759. The van der Waals surface area contributed by atoms with Crippen molar-refractivity contribution in [3.8, 4) is 0 Å². The van der Waals surface area contributed by atoms with E-state index in [1.165, 1.54) is 11.3 Å². The maximum atomic E-state index is 12.6. The van der Waals surface area contributed by atoms with Crippen molar-refractivity contribution in [2.45, 2.75) is 25.8 Å². The molecule has 0 aliphatic carbocycles. The van der Waals surface area contributed by atoms with E-state index in [9.17, 15) is 9.59 Å². The van der Waals surface area contributed by atoms with Crippen LogP contribution in [0.25, 0.3) is 0 Å². The second kappa shape index (κ2) is 8.64. The van der Waals surface area contributed by atoms with Crippen molar-refractivity contribution in [1.29, 1.82) is 0 Å². The van der Waals surface area contributed by atoms with Crippen LogP contribution in [-0.4, -0.2) is 34.9 Å². The molecule has 138 valence electrons. The van der Waals surface area contributed by atoms with Gasteiger partial charge in [0.1, 0.15) is 0 Å². The highest BCUT2D eigenvalue weighted by atomic mass is 79.9. The molecule has 1 aliphatic heterocycles. The number of thiazole rings is 1. The summed E-state index contributed by atoms with van der Waals surface area (Å²) in [4.78, 5) is 30.8. The van der Waals surface area contributed by atoms with Crippen molar-refractivity contribution in [3.63, 3.8) is 0 Å². The summed E-state index contributed by atoms with van der Waals surface area (Å²) in [5.41, 5.74) is 1.04. The van der Waals surface area contributed by atoms with E-state index in [0.29, 0.717) is 18.2 Å². The Bertz CT molecular complexity index is 751. The van der Waals surface area contributed by atoms with Gasteiger partial charge in [-0.25, -0.2) is 9.78 Å². The van der Waals surface area contributed by atoms with Gasteiger partial charge in [-0.3, -0.25) is 4.79 Å². The molecule has 0 saturated carbocycles. The average Bonchev–Trinajstić information content (AvgIpc) is 3.15. The number of piperidine rings is 1. The number of aromatic nitrogens is 1. The second-order valence-electron chi connectivity index (χ2n) is 6.33. The second-order valence-corrected chi connectivity index (χ2v) is 8.14. The van der Waals surface area contributed by atoms with Crippen molar-refractivity contribution in [2.75, 3.05) is 18.4 Å². The summed E-state index contributed by atoms with van der Waals surface area (Å²) in [6, 6.07) is 7.65. The molecular weight excluding hydrogens is 416 g/mol. The van der Waals surface area contributed by atoms with Crippen LogP contribution in [0.4, 0.5) is 9.93 Å². The number of likely N-dealkylation sites (tertiary alicyclic amines) is 1. The maximum Gasteiger partial charge on any atom is 0.317 e. The molecule has 2 N–H and O–H groups in total. The number of urea groups is 1. The molecule has 6 nitrogen and oxygen atoms in total. The first-order valence-electron chi connectivity index (χ1n) is 8.54. The highest BCUT2D eigenvalue weighted by molar-refractivity contribution is 9.10. The fourth-order valence-corrected chi connectivity index (χ4v) is 3.78. The Kier molecular flexibility index (Phi) is 6.26. The Hall–Kier alpha value is -1.93. The molecule has 8 heteroatoms. The molecule has 26 heavy (non-hydrogen) atoms. The van der Waals surface area contributed by atoms with Gasteiger partial charge in [-0.15, -0.1) is 11.3 Å². The van der Waals surface area contributed by atoms with Crippen LogP contribution in [-0.2, 0) is 4.79 Å². The smallest absolute Gasteiger partial charge is 0.317 e. The standard InChI is InChI=1S/C18H21BrN4O2S/c1-12(13-4-6-15(19)7-5-13)21-18(25)23-9-2-3-14(11-23)16(24)22-17-20-8-10-26-17/h4-8,10,12,14H,2-3,9,11H2,1H3,(H,21,25)(H,20,22,24). The number of halogens is 1. The van der Waals surface area contributed by atoms with Crippen LogP contribution >= 0.6 is 27.3 Å². The molecule has 0 spiro atoms. The molecule has 1 aromatic heterocycles. The third kappa shape index (κ3) is 4.82. The summed E-state index contributed by atoms with van der Waals surface area (Å²) in [5.74, 6) is -0.278. The molecule has 0 bridgehead atoms. The minimum absolute atomic E-state index is 0.0709. The lowest BCUT2D eigenvalue weighted by molar-refractivity contribution is -0.121. The number of hydrogen-bond acceptors (Lipinski definition) is 4. The first-order chi connectivity index (χ1) is 12.5. The molecule has 2 unspecified atom stereocenters. The van der Waals surface area contributed by atoms with Gasteiger partial charge in [0.2, 0.25) is 5.91 Å². The predicted octanol–water partition coefficient (Wildman–Crippen LogP) is 4.03. The Morgan fingerprint density at radius 2 is 2.12 bits per heavy atom. The zero-order valence-electron chi connectivity index (χ0n) is 14.4. The number of rotatable bonds is 4. The summed E-state index contributed by atoms with van der Waals surface area (Å²) in [6.45, 7) is 3.05. The largest absolute Gasteiger partial charge is 0.331 e. The van der Waals surface area contributed by atoms with Crippen LogP contribution < -0.4 is 10.6 Å². The molecule has 1 fully saturated rings. The molecular formula is C18H21BrN4O2S. The van der Waals surface area contributed by atoms with Crippen LogP contribution in [0.3, 0.4) is 0 Å². The van der Waals surface area contributed by atoms with Crippen molar-refractivity contribution in [2.24, 2.45) is 5.92 Å². The van der Waals surface area contributed by atoms with Gasteiger partial charge in [-0.2, -0.15) is 0 Å². The van der Waals surface area contributed by atoms with E-state index in [0.717, 1.165) is 22.9 Å². The van der Waals surface area contributed by atoms with E-state index in [4.69, 9.17) is 0 Å². The molecule has 0 radical (unpaired) electrons. The number of anilines is 1. The zero-order valence-corrected chi connectivity index (χ0v) is 16.8. The topological polar surface area (TPSA) is 74.3 Å². The summed E-state index contributed by atoms with van der Waals surface area (Å²) in [5, 5.41) is 8.27. The van der Waals surface area contributed by atoms with E-state index in [-0.39, 0.29) is 23.9 Å². The minimum Gasteiger partial charge on any atom is -0.331 e. The number of carbonyl (C=O) groups is 2. The van der Waals surface area contributed by atoms with Gasteiger partial charge >= 0.3 is 6.03 Å². The lowest BCUT2D eigenvalue weighted by Gasteiger charge is -2.32. The summed E-state index contributed by atoms with van der Waals surface area (Å²) in [6.07, 6.45) is 3.25. The number of nitrogens with one attached hydrogen (secondary N) is 2. The predicted molar refractivity (Wildman–Crippen MR) is 106 cm³/mol. The monoisotopic (exact) mass is 436 g/mol. The Balaban J connectivity index is 1.55. The maximum absolute atomic E-state index is 12.6. The van der Waals surface area contributed by atoms with Gasteiger partial charge in [0.25, 0.3) is 0 Å². The third-order valence-corrected chi connectivity index (χ3v) is 5.67. The van der Waals surface area contributed by atoms with E-state index < -0.39 is 0 Å². The summed E-state index contributed by atoms with van der Waals surface area (Å²) in [7, 11) is 0. The molecule has 2 atom stereocenters. The highest BCUT2D eigenvalue weighted by Crippen LogP contribution is 2.21. The molecule has 1 saturated heterocycles. The van der Waals surface area contributed by atoms with Crippen LogP contribution in [0.1, 0.15) is 31.4 Å². The van der Waals surface area contributed by atoms with Gasteiger partial charge in [0, 0.05) is 29.1 Å². The Morgan fingerprint density at radius 1 is 1.35 bits per heavy atom. The molecule has 3 amide bonds. The first kappa shape index (κ1) is 18.8. The number of benzene rings is 1. The van der Waals surface area contributed by atoms with E-state index in [1.807, 2.05) is 36.6 Å². The van der Waals surface area contributed by atoms with Crippen molar-refractivity contribution < 1.29 is 9.59 Å². The number of carbonyl (C=O) groups excluding carboxylic acids is 2.